The quantitative estimate of drug-likeness (QED) is 0.847. The number of aryl methyl sites for hydroxylation is 2. The Balaban J connectivity index is 2.25. The van der Waals surface area contributed by atoms with E-state index in [1.54, 1.807) is 0 Å². The second-order valence-electron chi connectivity index (χ2n) is 4.85. The number of carbonyl (C=O) groups excluding carboxylic acids is 1. The van der Waals surface area contributed by atoms with Gasteiger partial charge in [0.15, 0.2) is 0 Å². The van der Waals surface area contributed by atoms with Crippen molar-refractivity contribution in [2.45, 2.75) is 32.6 Å². The van der Waals surface area contributed by atoms with Gasteiger partial charge in [-0.3, -0.25) is 0 Å². The molecule has 100 valence electrons. The van der Waals surface area contributed by atoms with Gasteiger partial charge in [0.2, 0.25) is 0 Å². The molecule has 0 fully saturated rings. The van der Waals surface area contributed by atoms with Crippen molar-refractivity contribution in [2.24, 2.45) is 0 Å². The van der Waals surface area contributed by atoms with Crippen molar-refractivity contribution in [3.8, 4) is 0 Å². The van der Waals surface area contributed by atoms with Crippen molar-refractivity contribution >= 4 is 28.5 Å². The van der Waals surface area contributed by atoms with Crippen LogP contribution in [0.25, 0.3) is 10.9 Å². The Morgan fingerprint density at radius 3 is 2.79 bits per heavy atom. The molecule has 19 heavy (non-hydrogen) atoms. The molecule has 3 rings (SSSR count). The average molecular weight is 278 g/mol. The highest BCUT2D eigenvalue weighted by Gasteiger charge is 2.23. The van der Waals surface area contributed by atoms with E-state index >= 15 is 0 Å². The third-order valence-corrected chi connectivity index (χ3v) is 4.06. The van der Waals surface area contributed by atoms with Crippen LogP contribution in [0.4, 0.5) is 0 Å². The van der Waals surface area contributed by atoms with Crippen LogP contribution in [0.3, 0.4) is 0 Å². The van der Waals surface area contributed by atoms with Crippen molar-refractivity contribution in [2.75, 3.05) is 6.61 Å². The van der Waals surface area contributed by atoms with Crippen LogP contribution in [0, 0.1) is 0 Å². The molecule has 0 saturated heterocycles. The molecule has 0 aliphatic heterocycles. The fourth-order valence-electron chi connectivity index (χ4n) is 2.88. The summed E-state index contributed by atoms with van der Waals surface area (Å²) >= 11 is 6.30. The minimum Gasteiger partial charge on any atom is -0.461 e. The monoisotopic (exact) mass is 277 g/mol. The zero-order valence-electron chi connectivity index (χ0n) is 10.9. The van der Waals surface area contributed by atoms with Crippen molar-refractivity contribution in [3.63, 3.8) is 0 Å². The molecule has 0 bridgehead atoms. The van der Waals surface area contributed by atoms with E-state index in [1.807, 2.05) is 19.1 Å². The molecular formula is C15H16ClNO2. The Bertz CT molecular complexity index is 645. The van der Waals surface area contributed by atoms with E-state index in [4.69, 9.17) is 16.3 Å². The summed E-state index contributed by atoms with van der Waals surface area (Å²) in [6, 6.07) is 3.85. The smallest absolute Gasteiger partial charge is 0.355 e. The number of nitrogens with one attached hydrogen (secondary N) is 1. The van der Waals surface area contributed by atoms with Gasteiger partial charge < -0.3 is 9.72 Å². The highest BCUT2D eigenvalue weighted by Crippen LogP contribution is 2.35. The third-order valence-electron chi connectivity index (χ3n) is 3.70. The van der Waals surface area contributed by atoms with E-state index < -0.39 is 0 Å². The molecule has 3 nitrogen and oxygen atoms in total. The molecule has 2 aromatic rings. The summed E-state index contributed by atoms with van der Waals surface area (Å²) in [7, 11) is 0. The molecule has 1 aliphatic carbocycles. The van der Waals surface area contributed by atoms with Crippen LogP contribution >= 0.6 is 11.6 Å². The maximum Gasteiger partial charge on any atom is 0.355 e. The van der Waals surface area contributed by atoms with Gasteiger partial charge in [0.25, 0.3) is 0 Å². The molecule has 0 radical (unpaired) electrons. The zero-order chi connectivity index (χ0) is 13.4. The minimum absolute atomic E-state index is 0.266. The van der Waals surface area contributed by atoms with E-state index in [9.17, 15) is 4.79 Å². The van der Waals surface area contributed by atoms with Gasteiger partial charge in [-0.15, -0.1) is 0 Å². The standard InChI is InChI=1S/C15H16ClNO2/c1-2-19-15(18)14-10-6-4-3-5-9-11(16)7-8-12(17-14)13(9)10/h7-8,17H,2-6H2,1H3. The number of hydrogen-bond donors (Lipinski definition) is 1. The summed E-state index contributed by atoms with van der Waals surface area (Å²) in [4.78, 5) is 15.2. The normalized spacial score (nSPS) is 14.4. The lowest BCUT2D eigenvalue weighted by molar-refractivity contribution is 0.0519. The average Bonchev–Trinajstić information content (AvgIpc) is 2.61. The largest absolute Gasteiger partial charge is 0.461 e. The first-order chi connectivity index (χ1) is 9.22. The molecule has 1 aromatic carbocycles. The fourth-order valence-corrected chi connectivity index (χ4v) is 3.13. The lowest BCUT2D eigenvalue weighted by atomic mass is 10.0. The van der Waals surface area contributed by atoms with Crippen molar-refractivity contribution < 1.29 is 9.53 Å². The Morgan fingerprint density at radius 1 is 1.32 bits per heavy atom. The summed E-state index contributed by atoms with van der Waals surface area (Å²) in [6.07, 6.45) is 4.06. The zero-order valence-corrected chi connectivity index (χ0v) is 11.6. The predicted octanol–water partition coefficient (Wildman–Crippen LogP) is 3.88. The first kappa shape index (κ1) is 12.5. The summed E-state index contributed by atoms with van der Waals surface area (Å²) in [5.74, 6) is -0.266. The molecule has 0 saturated carbocycles. The minimum atomic E-state index is -0.266. The highest BCUT2D eigenvalue weighted by molar-refractivity contribution is 6.32. The molecule has 1 aliphatic rings. The van der Waals surface area contributed by atoms with Crippen molar-refractivity contribution in [1.29, 1.82) is 0 Å². The van der Waals surface area contributed by atoms with Crippen LogP contribution < -0.4 is 0 Å². The number of H-pyrrole nitrogens is 1. The van der Waals surface area contributed by atoms with E-state index in [0.717, 1.165) is 47.2 Å². The van der Waals surface area contributed by atoms with Gasteiger partial charge in [-0.2, -0.15) is 0 Å². The first-order valence-corrected chi connectivity index (χ1v) is 7.09. The number of aromatic nitrogens is 1. The molecular weight excluding hydrogens is 262 g/mol. The Kier molecular flexibility index (Phi) is 3.23. The van der Waals surface area contributed by atoms with Crippen LogP contribution in [0.5, 0.6) is 0 Å². The first-order valence-electron chi connectivity index (χ1n) is 6.71. The van der Waals surface area contributed by atoms with Crippen LogP contribution in [-0.2, 0) is 17.6 Å². The molecule has 0 unspecified atom stereocenters. The number of carbonyl (C=O) groups is 1. The van der Waals surface area contributed by atoms with Gasteiger partial charge in [0, 0.05) is 15.9 Å². The summed E-state index contributed by atoms with van der Waals surface area (Å²) < 4.78 is 5.13. The van der Waals surface area contributed by atoms with E-state index in [-0.39, 0.29) is 5.97 Å². The second-order valence-corrected chi connectivity index (χ2v) is 5.26. The number of esters is 1. The maximum atomic E-state index is 12.0. The van der Waals surface area contributed by atoms with E-state index in [1.165, 1.54) is 5.56 Å². The summed E-state index contributed by atoms with van der Waals surface area (Å²) in [5.41, 5.74) is 3.82. The number of hydrogen-bond acceptors (Lipinski definition) is 2. The van der Waals surface area contributed by atoms with Gasteiger partial charge in [0.1, 0.15) is 5.69 Å². The van der Waals surface area contributed by atoms with Crippen LogP contribution in [-0.4, -0.2) is 17.6 Å². The van der Waals surface area contributed by atoms with Gasteiger partial charge in [0.05, 0.1) is 6.61 Å². The Morgan fingerprint density at radius 2 is 2.05 bits per heavy atom. The number of rotatable bonds is 2. The molecule has 4 heteroatoms. The molecule has 1 aromatic heterocycles. The van der Waals surface area contributed by atoms with Crippen LogP contribution in [0.2, 0.25) is 5.02 Å². The number of ether oxygens (including phenoxy) is 1. The maximum absolute atomic E-state index is 12.0. The second kappa shape index (κ2) is 4.89. The van der Waals surface area contributed by atoms with Crippen molar-refractivity contribution in [3.05, 3.63) is 34.0 Å². The number of halogens is 1. The van der Waals surface area contributed by atoms with Crippen molar-refractivity contribution in [1.82, 2.24) is 4.98 Å². The highest BCUT2D eigenvalue weighted by atomic mass is 35.5. The van der Waals surface area contributed by atoms with Gasteiger partial charge in [-0.05, 0) is 55.9 Å². The molecule has 0 spiro atoms. The summed E-state index contributed by atoms with van der Waals surface area (Å²) in [5, 5.41) is 1.93. The lowest BCUT2D eigenvalue weighted by Crippen LogP contribution is -2.07. The topological polar surface area (TPSA) is 42.1 Å². The van der Waals surface area contributed by atoms with E-state index in [2.05, 4.69) is 4.98 Å². The van der Waals surface area contributed by atoms with Crippen LogP contribution in [0.15, 0.2) is 12.1 Å². The van der Waals surface area contributed by atoms with Gasteiger partial charge in [-0.1, -0.05) is 11.6 Å². The van der Waals surface area contributed by atoms with E-state index in [0.29, 0.717) is 12.3 Å². The Labute approximate surface area is 116 Å². The lowest BCUT2D eigenvalue weighted by Gasteiger charge is -2.04. The SMILES string of the molecule is CCOC(=O)c1[nH]c2ccc(Cl)c3c2c1CCCC3. The predicted molar refractivity (Wildman–Crippen MR) is 75.9 cm³/mol. The molecule has 1 heterocycles. The molecule has 1 N–H and O–H groups in total. The van der Waals surface area contributed by atoms with Gasteiger partial charge in [-0.25, -0.2) is 4.79 Å². The Hall–Kier alpha value is -1.48. The fraction of sp³-hybridized carbons (Fsp3) is 0.400. The van der Waals surface area contributed by atoms with Crippen LogP contribution in [0.1, 0.15) is 41.4 Å². The summed E-state index contributed by atoms with van der Waals surface area (Å²) in [6.45, 7) is 2.21. The molecule has 0 amide bonds. The number of benzene rings is 1. The molecule has 0 atom stereocenters. The number of aromatic amines is 1. The third kappa shape index (κ3) is 2.02. The van der Waals surface area contributed by atoms with Gasteiger partial charge >= 0.3 is 5.97 Å².